The van der Waals surface area contributed by atoms with Crippen LogP contribution in [0.4, 0.5) is 5.69 Å². The standard InChI is InChI=1S/C18H16N4O2S2/c1-11-13-15(23)21-18(25-10-6-5-9-19)22-17(13)26-14(11)16(24)20-12-7-3-2-4-8-12/h2-4,7-8H,5-6,10H2,1H3,(H,20,24)(H,21,22,23). The third-order valence-corrected chi connectivity index (χ3v) is 5.83. The molecule has 2 heterocycles. The molecule has 3 aromatic rings. The summed E-state index contributed by atoms with van der Waals surface area (Å²) in [7, 11) is 0. The number of amides is 1. The van der Waals surface area contributed by atoms with Crippen LogP contribution >= 0.6 is 23.1 Å². The van der Waals surface area contributed by atoms with Crippen molar-refractivity contribution in [3.63, 3.8) is 0 Å². The fraction of sp³-hybridized carbons (Fsp3) is 0.222. The number of carbonyl (C=O) groups excluding carboxylic acids is 1. The number of anilines is 1. The molecule has 0 unspecified atom stereocenters. The Morgan fingerprint density at radius 3 is 2.88 bits per heavy atom. The van der Waals surface area contributed by atoms with Crippen molar-refractivity contribution in [2.75, 3.05) is 11.1 Å². The maximum absolute atomic E-state index is 12.6. The molecule has 0 atom stereocenters. The maximum Gasteiger partial charge on any atom is 0.266 e. The fourth-order valence-electron chi connectivity index (χ4n) is 2.44. The lowest BCUT2D eigenvalue weighted by Gasteiger charge is -2.03. The topological polar surface area (TPSA) is 98.6 Å². The van der Waals surface area contributed by atoms with Crippen molar-refractivity contribution < 1.29 is 4.79 Å². The molecule has 2 aromatic heterocycles. The van der Waals surface area contributed by atoms with Crippen molar-refractivity contribution in [2.24, 2.45) is 0 Å². The van der Waals surface area contributed by atoms with E-state index in [9.17, 15) is 9.59 Å². The van der Waals surface area contributed by atoms with Gasteiger partial charge < -0.3 is 10.3 Å². The predicted octanol–water partition coefficient (Wildman–Crippen LogP) is 3.94. The van der Waals surface area contributed by atoms with Crippen LogP contribution in [-0.2, 0) is 0 Å². The van der Waals surface area contributed by atoms with E-state index in [-0.39, 0.29) is 11.5 Å². The molecule has 0 aliphatic carbocycles. The van der Waals surface area contributed by atoms with Gasteiger partial charge in [-0.05, 0) is 31.0 Å². The van der Waals surface area contributed by atoms with E-state index in [4.69, 9.17) is 5.26 Å². The molecule has 3 rings (SSSR count). The predicted molar refractivity (Wildman–Crippen MR) is 105 cm³/mol. The number of hydrogen-bond acceptors (Lipinski definition) is 6. The number of nitrogens with one attached hydrogen (secondary N) is 2. The van der Waals surface area contributed by atoms with Gasteiger partial charge >= 0.3 is 0 Å². The molecule has 0 saturated carbocycles. The normalized spacial score (nSPS) is 10.6. The Labute approximate surface area is 158 Å². The molecule has 2 N–H and O–H groups in total. The molecule has 6 nitrogen and oxygen atoms in total. The van der Waals surface area contributed by atoms with Crippen molar-refractivity contribution in [3.05, 3.63) is 51.1 Å². The van der Waals surface area contributed by atoms with Crippen LogP contribution in [0.1, 0.15) is 28.1 Å². The Morgan fingerprint density at radius 1 is 1.38 bits per heavy atom. The van der Waals surface area contributed by atoms with Gasteiger partial charge in [-0.15, -0.1) is 11.3 Å². The molecular formula is C18H16N4O2S2. The number of unbranched alkanes of at least 4 members (excludes halogenated alkanes) is 1. The van der Waals surface area contributed by atoms with Crippen molar-refractivity contribution in [2.45, 2.75) is 24.9 Å². The van der Waals surface area contributed by atoms with E-state index in [0.29, 0.717) is 43.7 Å². The van der Waals surface area contributed by atoms with Gasteiger partial charge in [0, 0.05) is 17.9 Å². The zero-order valence-electron chi connectivity index (χ0n) is 14.0. The van der Waals surface area contributed by atoms with Crippen molar-refractivity contribution in [1.82, 2.24) is 9.97 Å². The highest BCUT2D eigenvalue weighted by molar-refractivity contribution is 7.99. The van der Waals surface area contributed by atoms with E-state index >= 15 is 0 Å². The molecule has 0 aliphatic rings. The summed E-state index contributed by atoms with van der Waals surface area (Å²) in [6, 6.07) is 11.3. The summed E-state index contributed by atoms with van der Waals surface area (Å²) in [6.45, 7) is 1.76. The molecule has 0 bridgehead atoms. The van der Waals surface area contributed by atoms with Gasteiger partial charge in [-0.2, -0.15) is 5.26 Å². The number of carbonyl (C=O) groups is 1. The number of fused-ring (bicyclic) bond motifs is 1. The van der Waals surface area contributed by atoms with E-state index < -0.39 is 0 Å². The van der Waals surface area contributed by atoms with Crippen LogP contribution in [-0.4, -0.2) is 21.6 Å². The minimum Gasteiger partial charge on any atom is -0.321 e. The molecule has 8 heteroatoms. The molecule has 132 valence electrons. The molecule has 0 aliphatic heterocycles. The number of thioether (sulfide) groups is 1. The van der Waals surface area contributed by atoms with E-state index in [0.717, 1.165) is 6.42 Å². The first-order chi connectivity index (χ1) is 12.6. The highest BCUT2D eigenvalue weighted by Gasteiger charge is 2.19. The number of hydrogen-bond donors (Lipinski definition) is 2. The first-order valence-electron chi connectivity index (χ1n) is 7.99. The third-order valence-electron chi connectivity index (χ3n) is 3.69. The molecule has 26 heavy (non-hydrogen) atoms. The van der Waals surface area contributed by atoms with Crippen LogP contribution in [0.15, 0.2) is 40.3 Å². The van der Waals surface area contributed by atoms with Crippen molar-refractivity contribution in [3.8, 4) is 6.07 Å². The van der Waals surface area contributed by atoms with Crippen LogP contribution in [0.3, 0.4) is 0 Å². The van der Waals surface area contributed by atoms with E-state index in [1.807, 2.05) is 30.3 Å². The summed E-state index contributed by atoms with van der Waals surface area (Å²) in [5.41, 5.74) is 1.09. The van der Waals surface area contributed by atoms with Gasteiger partial charge in [0.25, 0.3) is 11.5 Å². The Hall–Kier alpha value is -2.63. The van der Waals surface area contributed by atoms with Gasteiger partial charge in [0.15, 0.2) is 5.16 Å². The Balaban J connectivity index is 1.87. The summed E-state index contributed by atoms with van der Waals surface area (Å²) in [4.78, 5) is 33.2. The average Bonchev–Trinajstić information content (AvgIpc) is 2.97. The van der Waals surface area contributed by atoms with E-state index in [1.54, 1.807) is 6.92 Å². The minimum atomic E-state index is -0.251. The Morgan fingerprint density at radius 2 is 2.15 bits per heavy atom. The van der Waals surface area contributed by atoms with Gasteiger partial charge in [0.05, 0.1) is 16.3 Å². The maximum atomic E-state index is 12.6. The number of para-hydroxylation sites is 1. The van der Waals surface area contributed by atoms with Gasteiger partial charge in [-0.3, -0.25) is 9.59 Å². The lowest BCUT2D eigenvalue weighted by atomic mass is 10.2. The quantitative estimate of drug-likeness (QED) is 0.381. The van der Waals surface area contributed by atoms with Crippen LogP contribution < -0.4 is 10.9 Å². The van der Waals surface area contributed by atoms with E-state index in [1.165, 1.54) is 23.1 Å². The summed E-state index contributed by atoms with van der Waals surface area (Å²) in [5.74, 6) is 0.451. The van der Waals surface area contributed by atoms with Gasteiger partial charge in [0.2, 0.25) is 0 Å². The molecule has 0 spiro atoms. The zero-order chi connectivity index (χ0) is 18.5. The number of aromatic amines is 1. The lowest BCUT2D eigenvalue weighted by molar-refractivity contribution is 0.103. The first kappa shape index (κ1) is 18.2. The van der Waals surface area contributed by atoms with Crippen molar-refractivity contribution in [1.29, 1.82) is 5.26 Å². The molecule has 0 saturated heterocycles. The second-order valence-corrected chi connectivity index (χ2v) is 7.62. The molecule has 0 radical (unpaired) electrons. The Kier molecular flexibility index (Phi) is 5.71. The minimum absolute atomic E-state index is 0.245. The zero-order valence-corrected chi connectivity index (χ0v) is 15.7. The SMILES string of the molecule is Cc1c(C(=O)Nc2ccccc2)sc2nc(SCCCC#N)[nH]c(=O)c12. The largest absolute Gasteiger partial charge is 0.321 e. The highest BCUT2D eigenvalue weighted by Crippen LogP contribution is 2.29. The summed E-state index contributed by atoms with van der Waals surface area (Å²) >= 11 is 2.62. The average molecular weight is 384 g/mol. The number of aryl methyl sites for hydroxylation is 1. The monoisotopic (exact) mass is 384 g/mol. The third kappa shape index (κ3) is 3.95. The summed E-state index contributed by atoms with van der Waals surface area (Å²) in [6.07, 6.45) is 1.21. The highest BCUT2D eigenvalue weighted by atomic mass is 32.2. The fourth-order valence-corrected chi connectivity index (χ4v) is 4.38. The second kappa shape index (κ2) is 8.17. The van der Waals surface area contributed by atoms with Gasteiger partial charge in [0.1, 0.15) is 4.83 Å². The first-order valence-corrected chi connectivity index (χ1v) is 9.80. The summed E-state index contributed by atoms with van der Waals surface area (Å²) in [5, 5.41) is 12.4. The number of aromatic nitrogens is 2. The van der Waals surface area contributed by atoms with Gasteiger partial charge in [-0.1, -0.05) is 30.0 Å². The summed E-state index contributed by atoms with van der Waals surface area (Å²) < 4.78 is 0. The molecule has 0 fully saturated rings. The lowest BCUT2D eigenvalue weighted by Crippen LogP contribution is -2.12. The van der Waals surface area contributed by atoms with Crippen molar-refractivity contribution >= 4 is 44.9 Å². The molecular weight excluding hydrogens is 368 g/mol. The molecule has 1 aromatic carbocycles. The Bertz CT molecular complexity index is 1040. The van der Waals surface area contributed by atoms with Crippen LogP contribution in [0.25, 0.3) is 10.2 Å². The number of nitrogens with zero attached hydrogens (tertiary/aromatic N) is 2. The number of nitriles is 1. The van der Waals surface area contributed by atoms with E-state index in [2.05, 4.69) is 21.4 Å². The van der Waals surface area contributed by atoms with Crippen LogP contribution in [0.2, 0.25) is 0 Å². The van der Waals surface area contributed by atoms with Crippen LogP contribution in [0.5, 0.6) is 0 Å². The smallest absolute Gasteiger partial charge is 0.266 e. The van der Waals surface area contributed by atoms with Gasteiger partial charge in [-0.25, -0.2) is 4.98 Å². The number of rotatable bonds is 6. The number of benzene rings is 1. The molecule has 1 amide bonds. The second-order valence-electron chi connectivity index (χ2n) is 5.54. The number of H-pyrrole nitrogens is 1. The van der Waals surface area contributed by atoms with Crippen LogP contribution in [0, 0.1) is 18.3 Å². The number of thiophene rings is 1.